The largest absolute Gasteiger partial charge is 0.387 e. The normalized spacial score (nSPS) is 15.2. The van der Waals surface area contributed by atoms with Gasteiger partial charge in [0, 0.05) is 13.1 Å². The molecule has 0 spiro atoms. The lowest BCUT2D eigenvalue weighted by Gasteiger charge is -2.26. The smallest absolute Gasteiger partial charge is 0.243 e. The second-order valence-corrected chi connectivity index (χ2v) is 3.66. The lowest BCUT2D eigenvalue weighted by atomic mass is 10.1. The highest BCUT2D eigenvalue weighted by atomic mass is 16.3. The van der Waals surface area contributed by atoms with Crippen LogP contribution >= 0.6 is 0 Å². The first-order valence-corrected chi connectivity index (χ1v) is 4.15. The zero-order chi connectivity index (χ0) is 10.5. The first-order chi connectivity index (χ1) is 5.87. The fraction of sp³-hybridized carbons (Fsp3) is 0.667. The van der Waals surface area contributed by atoms with E-state index in [0.29, 0.717) is 6.54 Å². The van der Waals surface area contributed by atoms with Gasteiger partial charge in [0.1, 0.15) is 0 Å². The van der Waals surface area contributed by atoms with Gasteiger partial charge in [0.2, 0.25) is 5.91 Å². The van der Waals surface area contributed by atoms with Crippen molar-refractivity contribution < 1.29 is 9.90 Å². The molecule has 0 rings (SSSR count). The number of amides is 1. The molecule has 13 heavy (non-hydrogen) atoms. The number of carbonyl (C=O) groups is 1. The maximum atomic E-state index is 10.8. The molecule has 1 atom stereocenters. The Kier molecular flexibility index (Phi) is 4.66. The second-order valence-electron chi connectivity index (χ2n) is 3.66. The number of nitrogens with one attached hydrogen (secondary N) is 1. The van der Waals surface area contributed by atoms with Crippen LogP contribution in [-0.2, 0) is 4.79 Å². The summed E-state index contributed by atoms with van der Waals surface area (Å²) >= 11 is 0. The quantitative estimate of drug-likeness (QED) is 0.574. The molecule has 0 radical (unpaired) electrons. The van der Waals surface area contributed by atoms with E-state index < -0.39 is 5.60 Å². The van der Waals surface area contributed by atoms with Crippen LogP contribution in [0.25, 0.3) is 0 Å². The number of nitrogens with zero attached hydrogens (tertiary/aromatic N) is 1. The third kappa shape index (κ3) is 6.31. The summed E-state index contributed by atoms with van der Waals surface area (Å²) in [4.78, 5) is 12.7. The molecule has 76 valence electrons. The number of aliphatic hydroxyl groups is 1. The van der Waals surface area contributed by atoms with E-state index in [1.165, 1.54) is 6.08 Å². The zero-order valence-corrected chi connectivity index (χ0v) is 8.50. The summed E-state index contributed by atoms with van der Waals surface area (Å²) in [6.45, 7) is 5.73. The van der Waals surface area contributed by atoms with Gasteiger partial charge < -0.3 is 15.3 Å². The first kappa shape index (κ1) is 12.1. The van der Waals surface area contributed by atoms with Crippen LogP contribution in [0.1, 0.15) is 6.92 Å². The minimum Gasteiger partial charge on any atom is -0.387 e. The summed E-state index contributed by atoms with van der Waals surface area (Å²) in [6.07, 6.45) is 1.19. The summed E-state index contributed by atoms with van der Waals surface area (Å²) in [5.41, 5.74) is -0.901. The Bertz CT molecular complexity index is 188. The molecule has 0 aliphatic heterocycles. The molecule has 0 aromatic rings. The highest BCUT2D eigenvalue weighted by Gasteiger charge is 2.21. The number of hydrogen-bond acceptors (Lipinski definition) is 3. The Hall–Kier alpha value is -0.870. The third-order valence-electron chi connectivity index (χ3n) is 1.49. The summed E-state index contributed by atoms with van der Waals surface area (Å²) in [5, 5.41) is 12.3. The van der Waals surface area contributed by atoms with E-state index in [2.05, 4.69) is 11.9 Å². The van der Waals surface area contributed by atoms with Gasteiger partial charge in [-0.15, -0.1) is 0 Å². The molecule has 0 aliphatic carbocycles. The minimum absolute atomic E-state index is 0.232. The molecule has 0 aromatic heterocycles. The minimum atomic E-state index is -0.901. The van der Waals surface area contributed by atoms with E-state index >= 15 is 0 Å². The van der Waals surface area contributed by atoms with E-state index in [-0.39, 0.29) is 12.5 Å². The van der Waals surface area contributed by atoms with Gasteiger partial charge in [-0.3, -0.25) is 4.79 Å². The second kappa shape index (κ2) is 4.99. The fourth-order valence-corrected chi connectivity index (χ4v) is 1.09. The Morgan fingerprint density at radius 3 is 2.62 bits per heavy atom. The summed E-state index contributed by atoms with van der Waals surface area (Å²) in [7, 11) is 3.73. The van der Waals surface area contributed by atoms with Gasteiger partial charge in [0.25, 0.3) is 0 Å². The predicted octanol–water partition coefficient (Wildman–Crippen LogP) is -0.399. The van der Waals surface area contributed by atoms with Crippen molar-refractivity contribution in [1.29, 1.82) is 0 Å². The van der Waals surface area contributed by atoms with E-state index in [1.54, 1.807) is 6.92 Å². The molecule has 1 unspecified atom stereocenters. The van der Waals surface area contributed by atoms with Crippen molar-refractivity contribution in [1.82, 2.24) is 10.2 Å². The maximum absolute atomic E-state index is 10.8. The molecule has 0 bridgehead atoms. The van der Waals surface area contributed by atoms with Gasteiger partial charge in [-0.2, -0.15) is 0 Å². The lowest BCUT2D eigenvalue weighted by Crippen LogP contribution is -2.46. The van der Waals surface area contributed by atoms with Crippen LogP contribution in [0.2, 0.25) is 0 Å². The van der Waals surface area contributed by atoms with Crippen molar-refractivity contribution in [3.63, 3.8) is 0 Å². The highest BCUT2D eigenvalue weighted by molar-refractivity contribution is 5.86. The topological polar surface area (TPSA) is 52.6 Å². The monoisotopic (exact) mass is 186 g/mol. The molecule has 1 amide bonds. The van der Waals surface area contributed by atoms with Gasteiger partial charge in [0.05, 0.1) is 5.60 Å². The molecular weight excluding hydrogens is 168 g/mol. The Balaban J connectivity index is 3.88. The van der Waals surface area contributed by atoms with Crippen molar-refractivity contribution in [2.75, 3.05) is 27.2 Å². The van der Waals surface area contributed by atoms with E-state index in [4.69, 9.17) is 0 Å². The zero-order valence-electron chi connectivity index (χ0n) is 8.50. The van der Waals surface area contributed by atoms with Crippen LogP contribution in [0.4, 0.5) is 0 Å². The van der Waals surface area contributed by atoms with Gasteiger partial charge >= 0.3 is 0 Å². The van der Waals surface area contributed by atoms with Crippen molar-refractivity contribution in [2.45, 2.75) is 12.5 Å². The molecule has 0 heterocycles. The molecule has 0 fully saturated rings. The van der Waals surface area contributed by atoms with Crippen LogP contribution in [0.15, 0.2) is 12.7 Å². The molecule has 0 aliphatic rings. The average Bonchev–Trinajstić information content (AvgIpc) is 1.98. The summed E-state index contributed by atoms with van der Waals surface area (Å²) < 4.78 is 0. The Morgan fingerprint density at radius 1 is 1.69 bits per heavy atom. The number of carbonyl (C=O) groups excluding carboxylic acids is 1. The molecule has 0 aromatic carbocycles. The first-order valence-electron chi connectivity index (χ1n) is 4.15. The van der Waals surface area contributed by atoms with Crippen LogP contribution in [0.3, 0.4) is 0 Å². The maximum Gasteiger partial charge on any atom is 0.243 e. The van der Waals surface area contributed by atoms with Crippen LogP contribution in [-0.4, -0.2) is 48.7 Å². The number of rotatable bonds is 5. The van der Waals surface area contributed by atoms with Crippen LogP contribution in [0, 0.1) is 0 Å². The summed E-state index contributed by atoms with van der Waals surface area (Å²) in [6, 6.07) is 0. The standard InChI is InChI=1S/C9H18N2O2/c1-5-8(12)10-6-9(2,13)7-11(3)4/h5,13H,1,6-7H2,2-4H3,(H,10,12). The van der Waals surface area contributed by atoms with Crippen LogP contribution in [0.5, 0.6) is 0 Å². The van der Waals surface area contributed by atoms with Crippen LogP contribution < -0.4 is 5.32 Å². The number of hydrogen-bond donors (Lipinski definition) is 2. The van der Waals surface area contributed by atoms with Gasteiger partial charge in [0.15, 0.2) is 0 Å². The lowest BCUT2D eigenvalue weighted by molar-refractivity contribution is -0.117. The average molecular weight is 186 g/mol. The highest BCUT2D eigenvalue weighted by Crippen LogP contribution is 2.02. The van der Waals surface area contributed by atoms with E-state index in [0.717, 1.165) is 0 Å². The van der Waals surface area contributed by atoms with Crippen molar-refractivity contribution in [3.8, 4) is 0 Å². The Morgan fingerprint density at radius 2 is 2.23 bits per heavy atom. The van der Waals surface area contributed by atoms with Gasteiger partial charge in [-0.25, -0.2) is 0 Å². The van der Waals surface area contributed by atoms with E-state index in [9.17, 15) is 9.90 Å². The SMILES string of the molecule is C=CC(=O)NCC(C)(O)CN(C)C. The third-order valence-corrected chi connectivity index (χ3v) is 1.49. The van der Waals surface area contributed by atoms with Crippen molar-refractivity contribution in [2.24, 2.45) is 0 Å². The van der Waals surface area contributed by atoms with E-state index in [1.807, 2.05) is 19.0 Å². The van der Waals surface area contributed by atoms with Crippen molar-refractivity contribution >= 4 is 5.91 Å². The molecule has 2 N–H and O–H groups in total. The molecule has 0 saturated heterocycles. The fourth-order valence-electron chi connectivity index (χ4n) is 1.09. The molecule has 4 heteroatoms. The number of likely N-dealkylation sites (N-methyl/N-ethyl adjacent to an activating group) is 1. The van der Waals surface area contributed by atoms with Gasteiger partial charge in [-0.05, 0) is 27.1 Å². The summed E-state index contributed by atoms with van der Waals surface area (Å²) in [5.74, 6) is -0.265. The Labute approximate surface area is 79.2 Å². The van der Waals surface area contributed by atoms with Gasteiger partial charge in [-0.1, -0.05) is 6.58 Å². The molecule has 4 nitrogen and oxygen atoms in total. The molecule has 0 saturated carbocycles. The predicted molar refractivity (Wildman–Crippen MR) is 52.4 cm³/mol. The van der Waals surface area contributed by atoms with Crippen molar-refractivity contribution in [3.05, 3.63) is 12.7 Å². The molecular formula is C9H18N2O2.